The van der Waals surface area contributed by atoms with Gasteiger partial charge < -0.3 is 33.9 Å². The van der Waals surface area contributed by atoms with Gasteiger partial charge in [0.25, 0.3) is 0 Å². The van der Waals surface area contributed by atoms with Crippen molar-refractivity contribution >= 4 is 0 Å². The molecule has 0 spiro atoms. The molecule has 0 saturated carbocycles. The minimum Gasteiger partial charge on any atom is -0.394 e. The van der Waals surface area contributed by atoms with Crippen LogP contribution in [0.1, 0.15) is 38.8 Å². The van der Waals surface area contributed by atoms with Gasteiger partial charge in [-0.3, -0.25) is 4.90 Å². The first kappa shape index (κ1) is 25.8. The Kier molecular flexibility index (Phi) is 7.24. The Morgan fingerprint density at radius 2 is 1.25 bits per heavy atom. The molecule has 36 heavy (non-hydrogen) atoms. The van der Waals surface area contributed by atoms with E-state index in [1.807, 2.05) is 64.1 Å². The van der Waals surface area contributed by atoms with E-state index in [1.54, 1.807) is 0 Å². The molecule has 2 N–H and O–H groups in total. The maximum atomic E-state index is 11.2. The first-order chi connectivity index (χ1) is 17.2. The van der Waals surface area contributed by atoms with Crippen molar-refractivity contribution in [1.82, 2.24) is 4.90 Å². The lowest BCUT2D eigenvalue weighted by molar-refractivity contribution is -0.255. The standard InChI is InChI=1S/C28H37NO7/c1-27(2)33-23-22(32-26-25(24(23)34-27)35-28(3,4)36-26)21(20(31)17-30)29(15-18-11-7-5-8-12-18)16-19-13-9-6-10-14-19/h5-14,20-26,30-31H,15-17H2,1-4H3/t20-,21-,22+,23-,24-,25+,26+/m0/s1. The third kappa shape index (κ3) is 5.37. The molecule has 2 aromatic carbocycles. The lowest BCUT2D eigenvalue weighted by atomic mass is 9.90. The van der Waals surface area contributed by atoms with Gasteiger partial charge in [-0.15, -0.1) is 0 Å². The molecule has 8 nitrogen and oxygen atoms in total. The molecule has 3 heterocycles. The van der Waals surface area contributed by atoms with Crippen LogP contribution in [-0.2, 0) is 36.8 Å². The number of ether oxygens (including phenoxy) is 5. The highest BCUT2D eigenvalue weighted by Crippen LogP contribution is 2.45. The van der Waals surface area contributed by atoms with Crippen LogP contribution in [0.4, 0.5) is 0 Å². The Labute approximate surface area is 212 Å². The van der Waals surface area contributed by atoms with Gasteiger partial charge in [-0.2, -0.15) is 0 Å². The molecule has 3 aliphatic heterocycles. The summed E-state index contributed by atoms with van der Waals surface area (Å²) >= 11 is 0. The summed E-state index contributed by atoms with van der Waals surface area (Å²) in [7, 11) is 0. The van der Waals surface area contributed by atoms with Crippen molar-refractivity contribution in [2.24, 2.45) is 0 Å². The lowest BCUT2D eigenvalue weighted by Crippen LogP contribution is -2.64. The number of hydrogen-bond acceptors (Lipinski definition) is 8. The van der Waals surface area contributed by atoms with E-state index < -0.39 is 61.0 Å². The molecule has 0 aliphatic carbocycles. The molecule has 3 aliphatic rings. The van der Waals surface area contributed by atoms with E-state index in [9.17, 15) is 10.2 Å². The van der Waals surface area contributed by atoms with Crippen molar-refractivity contribution in [2.45, 2.75) is 95.2 Å². The number of nitrogens with zero attached hydrogens (tertiary/aromatic N) is 1. The molecule has 196 valence electrons. The summed E-state index contributed by atoms with van der Waals surface area (Å²) < 4.78 is 31.4. The maximum Gasteiger partial charge on any atom is 0.190 e. The highest BCUT2D eigenvalue weighted by Gasteiger charge is 2.62. The summed E-state index contributed by atoms with van der Waals surface area (Å²) in [5.41, 5.74) is 2.17. The Morgan fingerprint density at radius 3 is 1.81 bits per heavy atom. The first-order valence-electron chi connectivity index (χ1n) is 12.6. The molecule has 0 radical (unpaired) electrons. The Morgan fingerprint density at radius 1 is 0.750 bits per heavy atom. The molecule has 0 amide bonds. The van der Waals surface area contributed by atoms with Gasteiger partial charge in [0.2, 0.25) is 0 Å². The third-order valence-corrected chi connectivity index (χ3v) is 6.99. The summed E-state index contributed by atoms with van der Waals surface area (Å²) in [6.07, 6.45) is -3.88. The van der Waals surface area contributed by atoms with Crippen LogP contribution in [0.15, 0.2) is 60.7 Å². The molecule has 5 rings (SSSR count). The average Bonchev–Trinajstić information content (AvgIpc) is 3.34. The zero-order chi connectivity index (χ0) is 25.5. The fraction of sp³-hybridized carbons (Fsp3) is 0.571. The van der Waals surface area contributed by atoms with Gasteiger partial charge in [0.1, 0.15) is 24.4 Å². The Bertz CT molecular complexity index is 960. The van der Waals surface area contributed by atoms with Crippen molar-refractivity contribution in [1.29, 1.82) is 0 Å². The van der Waals surface area contributed by atoms with E-state index in [0.717, 1.165) is 11.1 Å². The summed E-state index contributed by atoms with van der Waals surface area (Å²) in [5.74, 6) is -1.70. The molecule has 2 aromatic rings. The summed E-state index contributed by atoms with van der Waals surface area (Å²) in [4.78, 5) is 2.14. The molecular formula is C28H37NO7. The quantitative estimate of drug-likeness (QED) is 0.573. The van der Waals surface area contributed by atoms with Crippen LogP contribution >= 0.6 is 0 Å². The van der Waals surface area contributed by atoms with Crippen molar-refractivity contribution in [2.75, 3.05) is 6.61 Å². The number of rotatable bonds is 8. The number of fused-ring (bicyclic) bond motifs is 3. The van der Waals surface area contributed by atoms with Crippen molar-refractivity contribution in [3.05, 3.63) is 71.8 Å². The summed E-state index contributed by atoms with van der Waals surface area (Å²) in [5, 5.41) is 21.4. The van der Waals surface area contributed by atoms with E-state index in [0.29, 0.717) is 13.1 Å². The smallest absolute Gasteiger partial charge is 0.190 e. The van der Waals surface area contributed by atoms with Gasteiger partial charge in [0.15, 0.2) is 17.9 Å². The molecular weight excluding hydrogens is 462 g/mol. The number of hydrogen-bond donors (Lipinski definition) is 2. The van der Waals surface area contributed by atoms with E-state index in [1.165, 1.54) is 0 Å². The monoisotopic (exact) mass is 499 g/mol. The van der Waals surface area contributed by atoms with Crippen LogP contribution in [0.25, 0.3) is 0 Å². The van der Waals surface area contributed by atoms with Crippen LogP contribution in [0.3, 0.4) is 0 Å². The van der Waals surface area contributed by atoms with E-state index in [2.05, 4.69) is 29.2 Å². The maximum absolute atomic E-state index is 11.2. The third-order valence-electron chi connectivity index (χ3n) is 6.99. The van der Waals surface area contributed by atoms with Crippen LogP contribution in [0.5, 0.6) is 0 Å². The molecule has 0 aromatic heterocycles. The number of benzene rings is 2. The SMILES string of the molecule is CC1(C)O[C@@H]2[C@H](O1)[C@H]1OC(C)(C)O[C@H]1O[C@@H]2[C@H]([C@@H](O)CO)N(Cc1ccccc1)Cc1ccccc1. The molecule has 0 bridgehead atoms. The minimum atomic E-state index is -1.10. The number of aliphatic hydroxyl groups excluding tert-OH is 2. The second-order valence-corrected chi connectivity index (χ2v) is 10.8. The van der Waals surface area contributed by atoms with Crippen molar-refractivity contribution < 1.29 is 33.9 Å². The van der Waals surface area contributed by atoms with Crippen LogP contribution < -0.4 is 0 Å². The van der Waals surface area contributed by atoms with Gasteiger partial charge in [-0.05, 0) is 38.8 Å². The second-order valence-electron chi connectivity index (χ2n) is 10.8. The fourth-order valence-corrected chi connectivity index (χ4v) is 5.60. The molecule has 7 atom stereocenters. The Balaban J connectivity index is 1.52. The second kappa shape index (κ2) is 10.1. The van der Waals surface area contributed by atoms with Gasteiger partial charge >= 0.3 is 0 Å². The normalized spacial score (nSPS) is 32.1. The van der Waals surface area contributed by atoms with E-state index in [-0.39, 0.29) is 0 Å². The number of aliphatic hydroxyl groups is 2. The predicted octanol–water partition coefficient (Wildman–Crippen LogP) is 2.81. The first-order valence-corrected chi connectivity index (χ1v) is 12.6. The van der Waals surface area contributed by atoms with E-state index >= 15 is 0 Å². The highest BCUT2D eigenvalue weighted by molar-refractivity contribution is 5.18. The topological polar surface area (TPSA) is 89.9 Å². The summed E-state index contributed by atoms with van der Waals surface area (Å²) in [6, 6.07) is 19.5. The van der Waals surface area contributed by atoms with Gasteiger partial charge in [0, 0.05) is 13.1 Å². The fourth-order valence-electron chi connectivity index (χ4n) is 5.60. The molecule has 3 fully saturated rings. The Hall–Kier alpha value is -1.88. The highest BCUT2D eigenvalue weighted by atomic mass is 16.9. The molecule has 0 unspecified atom stereocenters. The minimum absolute atomic E-state index is 0.427. The van der Waals surface area contributed by atoms with Crippen LogP contribution in [-0.4, -0.2) is 76.1 Å². The van der Waals surface area contributed by atoms with Crippen molar-refractivity contribution in [3.8, 4) is 0 Å². The molecule has 3 saturated heterocycles. The van der Waals surface area contributed by atoms with Gasteiger partial charge in [0.05, 0.1) is 18.8 Å². The van der Waals surface area contributed by atoms with Gasteiger partial charge in [-0.25, -0.2) is 0 Å². The lowest BCUT2D eigenvalue weighted by Gasteiger charge is -2.46. The van der Waals surface area contributed by atoms with Gasteiger partial charge in [-0.1, -0.05) is 60.7 Å². The predicted molar refractivity (Wildman–Crippen MR) is 132 cm³/mol. The zero-order valence-corrected chi connectivity index (χ0v) is 21.3. The van der Waals surface area contributed by atoms with Crippen LogP contribution in [0, 0.1) is 0 Å². The van der Waals surface area contributed by atoms with E-state index in [4.69, 9.17) is 23.7 Å². The largest absolute Gasteiger partial charge is 0.394 e. The summed E-state index contributed by atoms with van der Waals surface area (Å²) in [6.45, 7) is 8.06. The average molecular weight is 500 g/mol. The van der Waals surface area contributed by atoms with Crippen molar-refractivity contribution in [3.63, 3.8) is 0 Å². The zero-order valence-electron chi connectivity index (χ0n) is 21.3. The van der Waals surface area contributed by atoms with Crippen LogP contribution in [0.2, 0.25) is 0 Å². The molecule has 8 heteroatoms.